The van der Waals surface area contributed by atoms with Crippen LogP contribution in [0.1, 0.15) is 11.7 Å². The van der Waals surface area contributed by atoms with Crippen LogP contribution in [0.4, 0.5) is 4.39 Å². The van der Waals surface area contributed by atoms with Gasteiger partial charge in [-0.05, 0) is 35.9 Å². The van der Waals surface area contributed by atoms with Crippen molar-refractivity contribution >= 4 is 22.7 Å². The lowest BCUT2D eigenvalue weighted by atomic mass is 10.1. The van der Waals surface area contributed by atoms with Crippen molar-refractivity contribution in [2.24, 2.45) is 0 Å². The Morgan fingerprint density at radius 3 is 2.80 bits per heavy atom. The van der Waals surface area contributed by atoms with Crippen molar-refractivity contribution in [2.45, 2.75) is 12.8 Å². The van der Waals surface area contributed by atoms with E-state index in [1.165, 1.54) is 12.1 Å². The lowest BCUT2D eigenvalue weighted by molar-refractivity contribution is -0.0405. The molecule has 2 heterocycles. The van der Waals surface area contributed by atoms with E-state index in [1.807, 2.05) is 0 Å². The van der Waals surface area contributed by atoms with E-state index in [2.05, 4.69) is 4.90 Å². The van der Waals surface area contributed by atoms with Gasteiger partial charge in [0.15, 0.2) is 5.58 Å². The molecule has 5 nitrogen and oxygen atoms in total. The van der Waals surface area contributed by atoms with Gasteiger partial charge in [0.25, 0.3) is 0 Å². The quantitative estimate of drug-likeness (QED) is 0.716. The van der Waals surface area contributed by atoms with Gasteiger partial charge in [0.2, 0.25) is 0 Å². The summed E-state index contributed by atoms with van der Waals surface area (Å²) in [5.41, 5.74) is 2.10. The summed E-state index contributed by atoms with van der Waals surface area (Å²) in [4.78, 5) is 14.3. The molecule has 25 heavy (non-hydrogen) atoms. The molecule has 0 bridgehead atoms. The molecule has 1 fully saturated rings. The van der Waals surface area contributed by atoms with Crippen LogP contribution in [0.3, 0.4) is 0 Å². The fraction of sp³-hybridized carbons (Fsp3) is 0.278. The van der Waals surface area contributed by atoms with Crippen molar-refractivity contribution in [1.29, 1.82) is 0 Å². The molecule has 1 aromatic heterocycles. The largest absolute Gasteiger partial charge is 0.421 e. The van der Waals surface area contributed by atoms with Crippen LogP contribution in [0, 0.1) is 5.82 Å². The van der Waals surface area contributed by atoms with Gasteiger partial charge in [-0.3, -0.25) is 9.47 Å². The second-order valence-electron chi connectivity index (χ2n) is 6.04. The average molecular weight is 363 g/mol. The van der Waals surface area contributed by atoms with E-state index >= 15 is 0 Å². The maximum Gasteiger partial charge on any atom is 0.421 e. The molecule has 0 radical (unpaired) electrons. The zero-order valence-corrected chi connectivity index (χ0v) is 14.1. The average Bonchev–Trinajstić information content (AvgIpc) is 2.91. The standard InChI is InChI=1S/C18H16ClFN2O3/c19-13-3-6-16-15(9-13)22(18(23)25-16)11-21-7-8-24-17(10-21)12-1-4-14(20)5-2-12/h1-6,9,17H,7-8,10-11H2. The first-order chi connectivity index (χ1) is 12.1. The van der Waals surface area contributed by atoms with E-state index in [0.717, 1.165) is 5.56 Å². The van der Waals surface area contributed by atoms with E-state index in [4.69, 9.17) is 20.8 Å². The van der Waals surface area contributed by atoms with E-state index in [1.54, 1.807) is 34.9 Å². The lowest BCUT2D eigenvalue weighted by Crippen LogP contribution is -2.40. The number of nitrogens with zero attached hydrogens (tertiary/aromatic N) is 2. The number of halogens is 2. The summed E-state index contributed by atoms with van der Waals surface area (Å²) >= 11 is 6.04. The number of morpholine rings is 1. The second-order valence-corrected chi connectivity index (χ2v) is 6.47. The Hall–Kier alpha value is -2.15. The highest BCUT2D eigenvalue weighted by molar-refractivity contribution is 6.31. The molecule has 0 aliphatic carbocycles. The minimum atomic E-state index is -0.415. The van der Waals surface area contributed by atoms with Crippen LogP contribution < -0.4 is 5.76 Å². The summed E-state index contributed by atoms with van der Waals surface area (Å²) in [6.45, 7) is 2.21. The zero-order chi connectivity index (χ0) is 17.4. The first kappa shape index (κ1) is 16.3. The highest BCUT2D eigenvalue weighted by Crippen LogP contribution is 2.24. The molecule has 1 aliphatic rings. The van der Waals surface area contributed by atoms with Crippen molar-refractivity contribution < 1.29 is 13.5 Å². The van der Waals surface area contributed by atoms with Crippen LogP contribution in [0.5, 0.6) is 0 Å². The number of oxazole rings is 1. The van der Waals surface area contributed by atoms with Crippen LogP contribution in [0.15, 0.2) is 51.7 Å². The fourth-order valence-electron chi connectivity index (χ4n) is 3.08. The number of ether oxygens (including phenoxy) is 1. The molecule has 0 saturated carbocycles. The van der Waals surface area contributed by atoms with E-state index in [-0.39, 0.29) is 11.9 Å². The molecule has 0 N–H and O–H groups in total. The summed E-state index contributed by atoms with van der Waals surface area (Å²) in [5, 5.41) is 0.549. The van der Waals surface area contributed by atoms with Gasteiger partial charge < -0.3 is 9.15 Å². The number of fused-ring (bicyclic) bond motifs is 1. The topological polar surface area (TPSA) is 47.6 Å². The van der Waals surface area contributed by atoms with Crippen molar-refractivity contribution in [2.75, 3.05) is 19.7 Å². The van der Waals surface area contributed by atoms with Gasteiger partial charge in [0.1, 0.15) is 5.82 Å². The maximum atomic E-state index is 13.1. The van der Waals surface area contributed by atoms with Crippen LogP contribution in [-0.4, -0.2) is 29.2 Å². The molecule has 1 unspecified atom stereocenters. The van der Waals surface area contributed by atoms with E-state index in [0.29, 0.717) is 42.5 Å². The minimum Gasteiger partial charge on any atom is -0.408 e. The smallest absolute Gasteiger partial charge is 0.408 e. The Morgan fingerprint density at radius 2 is 2.00 bits per heavy atom. The first-order valence-corrected chi connectivity index (χ1v) is 8.36. The van der Waals surface area contributed by atoms with Crippen molar-refractivity contribution in [3.8, 4) is 0 Å². The Morgan fingerprint density at radius 1 is 1.20 bits per heavy atom. The third kappa shape index (κ3) is 3.33. The van der Waals surface area contributed by atoms with Crippen LogP contribution in [0.25, 0.3) is 11.1 Å². The molecule has 130 valence electrons. The van der Waals surface area contributed by atoms with Gasteiger partial charge >= 0.3 is 5.76 Å². The highest BCUT2D eigenvalue weighted by atomic mass is 35.5. The number of benzene rings is 2. The number of hydrogen-bond donors (Lipinski definition) is 0. The van der Waals surface area contributed by atoms with Gasteiger partial charge in [-0.2, -0.15) is 0 Å². The van der Waals surface area contributed by atoms with Crippen molar-refractivity contribution in [3.05, 3.63) is 69.4 Å². The van der Waals surface area contributed by atoms with Crippen LogP contribution >= 0.6 is 11.6 Å². The summed E-state index contributed by atoms with van der Waals surface area (Å²) in [6.07, 6.45) is -0.160. The molecular weight excluding hydrogens is 347 g/mol. The van der Waals surface area contributed by atoms with Gasteiger partial charge in [-0.1, -0.05) is 23.7 Å². The molecule has 1 atom stereocenters. The number of aromatic nitrogens is 1. The molecule has 0 amide bonds. The molecule has 2 aromatic carbocycles. The van der Waals surface area contributed by atoms with Crippen LogP contribution in [-0.2, 0) is 11.4 Å². The molecule has 3 aromatic rings. The number of rotatable bonds is 3. The molecule has 1 saturated heterocycles. The van der Waals surface area contributed by atoms with Crippen LogP contribution in [0.2, 0.25) is 5.02 Å². The monoisotopic (exact) mass is 362 g/mol. The zero-order valence-electron chi connectivity index (χ0n) is 13.3. The Labute approximate surface area is 148 Å². The van der Waals surface area contributed by atoms with E-state index < -0.39 is 5.76 Å². The Bertz CT molecular complexity index is 951. The van der Waals surface area contributed by atoms with Crippen molar-refractivity contribution in [3.63, 3.8) is 0 Å². The van der Waals surface area contributed by atoms with Gasteiger partial charge in [0, 0.05) is 18.1 Å². The highest BCUT2D eigenvalue weighted by Gasteiger charge is 2.23. The summed E-state index contributed by atoms with van der Waals surface area (Å²) in [5.74, 6) is -0.688. The van der Waals surface area contributed by atoms with Gasteiger partial charge in [-0.15, -0.1) is 0 Å². The Kier molecular flexibility index (Phi) is 4.33. The molecular formula is C18H16ClFN2O3. The minimum absolute atomic E-state index is 0.160. The Balaban J connectivity index is 1.57. The van der Waals surface area contributed by atoms with E-state index in [9.17, 15) is 9.18 Å². The third-order valence-corrected chi connectivity index (χ3v) is 4.60. The predicted molar refractivity (Wildman–Crippen MR) is 92.2 cm³/mol. The molecule has 0 spiro atoms. The fourth-order valence-corrected chi connectivity index (χ4v) is 3.25. The summed E-state index contributed by atoms with van der Waals surface area (Å²) in [6, 6.07) is 11.4. The molecule has 7 heteroatoms. The molecule has 1 aliphatic heterocycles. The van der Waals surface area contributed by atoms with Gasteiger partial charge in [0.05, 0.1) is 24.9 Å². The number of hydrogen-bond acceptors (Lipinski definition) is 4. The first-order valence-electron chi connectivity index (χ1n) is 7.98. The molecule has 4 rings (SSSR count). The second kappa shape index (κ2) is 6.63. The third-order valence-electron chi connectivity index (χ3n) is 4.36. The van der Waals surface area contributed by atoms with Crippen molar-refractivity contribution in [1.82, 2.24) is 9.47 Å². The van der Waals surface area contributed by atoms with Gasteiger partial charge in [-0.25, -0.2) is 9.18 Å². The predicted octanol–water partition coefficient (Wildman–Crippen LogP) is 3.42. The lowest BCUT2D eigenvalue weighted by Gasteiger charge is -2.33. The summed E-state index contributed by atoms with van der Waals surface area (Å²) < 4.78 is 25.7. The normalized spacial score (nSPS) is 18.7. The summed E-state index contributed by atoms with van der Waals surface area (Å²) in [7, 11) is 0. The SMILES string of the molecule is O=c1oc2ccc(Cl)cc2n1CN1CCOC(c2ccc(F)cc2)C1. The maximum absolute atomic E-state index is 13.1.